The Kier molecular flexibility index (Phi) is 2.56. The number of anilines is 1. The molecular formula is C15H11NO3. The van der Waals surface area contributed by atoms with Crippen molar-refractivity contribution in [1.29, 1.82) is 0 Å². The van der Waals surface area contributed by atoms with E-state index in [0.29, 0.717) is 5.58 Å². The number of rotatable bonds is 1. The number of hydrogen-bond acceptors (Lipinski definition) is 3. The average Bonchev–Trinajstić information content (AvgIpc) is 2.37. The Morgan fingerprint density at radius 2 is 1.74 bits per heavy atom. The first-order chi connectivity index (χ1) is 9.13. The van der Waals surface area contributed by atoms with Crippen LogP contribution >= 0.6 is 0 Å². The number of nitrogens with one attached hydrogen (secondary N) is 1. The van der Waals surface area contributed by atoms with Crippen molar-refractivity contribution in [3.05, 3.63) is 52.9 Å². The Morgan fingerprint density at radius 3 is 2.42 bits per heavy atom. The summed E-state index contributed by atoms with van der Waals surface area (Å²) in [5.41, 5.74) is 0.131. The van der Waals surface area contributed by atoms with Crippen molar-refractivity contribution in [1.82, 2.24) is 0 Å². The summed E-state index contributed by atoms with van der Waals surface area (Å²) in [6.07, 6.45) is 0. The Morgan fingerprint density at radius 1 is 1.05 bits per heavy atom. The van der Waals surface area contributed by atoms with E-state index >= 15 is 0 Å². The molecule has 0 bridgehead atoms. The van der Waals surface area contributed by atoms with Gasteiger partial charge in [-0.05, 0) is 29.0 Å². The molecule has 0 unspecified atom stereocenters. The smallest absolute Gasteiger partial charge is 0.360 e. The molecule has 19 heavy (non-hydrogen) atoms. The van der Waals surface area contributed by atoms with E-state index in [9.17, 15) is 9.59 Å². The number of carbonyl (C=O) groups excluding carboxylic acids is 1. The predicted molar refractivity (Wildman–Crippen MR) is 74.3 cm³/mol. The highest BCUT2D eigenvalue weighted by Gasteiger charge is 2.07. The molecule has 4 heteroatoms. The molecule has 0 fully saturated rings. The standard InChI is InChI=1S/C15H11NO3/c1-9(17)16-13-7-12-6-10-4-2-3-5-11(10)8-14(12)19-15(13)18/h2-8H,1H3,(H,16,17). The van der Waals surface area contributed by atoms with Gasteiger partial charge >= 0.3 is 5.63 Å². The largest absolute Gasteiger partial charge is 0.421 e. The summed E-state index contributed by atoms with van der Waals surface area (Å²) in [6, 6.07) is 13.2. The first-order valence-corrected chi connectivity index (χ1v) is 5.88. The van der Waals surface area contributed by atoms with Crippen LogP contribution in [0.3, 0.4) is 0 Å². The third-order valence-electron chi connectivity index (χ3n) is 2.91. The van der Waals surface area contributed by atoms with E-state index in [1.165, 1.54) is 6.92 Å². The second-order valence-corrected chi connectivity index (χ2v) is 4.37. The maximum Gasteiger partial charge on any atom is 0.360 e. The SMILES string of the molecule is CC(=O)Nc1cc2cc3ccccc3cc2oc1=O. The Labute approximate surface area is 108 Å². The van der Waals surface area contributed by atoms with Crippen LogP contribution in [0.1, 0.15) is 6.92 Å². The molecule has 0 aliphatic carbocycles. The van der Waals surface area contributed by atoms with Crippen LogP contribution in [0.25, 0.3) is 21.7 Å². The number of amides is 1. The van der Waals surface area contributed by atoms with Crippen molar-refractivity contribution in [2.75, 3.05) is 5.32 Å². The van der Waals surface area contributed by atoms with Gasteiger partial charge in [-0.3, -0.25) is 4.79 Å². The number of hydrogen-bond donors (Lipinski definition) is 1. The third kappa shape index (κ3) is 2.08. The molecule has 3 aromatic rings. The summed E-state index contributed by atoms with van der Waals surface area (Å²) in [5, 5.41) is 5.31. The van der Waals surface area contributed by atoms with Crippen LogP contribution in [0.4, 0.5) is 5.69 Å². The molecule has 0 aliphatic rings. The van der Waals surface area contributed by atoms with E-state index in [4.69, 9.17) is 4.42 Å². The molecule has 0 spiro atoms. The zero-order chi connectivity index (χ0) is 13.4. The molecule has 0 saturated carbocycles. The maximum absolute atomic E-state index is 11.7. The van der Waals surface area contributed by atoms with Gasteiger partial charge in [0.1, 0.15) is 11.3 Å². The Hall–Kier alpha value is -2.62. The summed E-state index contributed by atoms with van der Waals surface area (Å²) in [6.45, 7) is 1.35. The summed E-state index contributed by atoms with van der Waals surface area (Å²) in [7, 11) is 0. The van der Waals surface area contributed by atoms with Crippen molar-refractivity contribution >= 4 is 33.3 Å². The first-order valence-electron chi connectivity index (χ1n) is 5.88. The highest BCUT2D eigenvalue weighted by Crippen LogP contribution is 2.23. The molecule has 0 atom stereocenters. The van der Waals surface area contributed by atoms with E-state index in [-0.39, 0.29) is 11.6 Å². The van der Waals surface area contributed by atoms with E-state index in [1.807, 2.05) is 36.4 Å². The van der Waals surface area contributed by atoms with Crippen molar-refractivity contribution in [3.63, 3.8) is 0 Å². The fraction of sp³-hybridized carbons (Fsp3) is 0.0667. The molecule has 1 heterocycles. The van der Waals surface area contributed by atoms with Gasteiger partial charge < -0.3 is 9.73 Å². The third-order valence-corrected chi connectivity index (χ3v) is 2.91. The van der Waals surface area contributed by atoms with E-state index in [1.54, 1.807) is 6.07 Å². The van der Waals surface area contributed by atoms with Crippen molar-refractivity contribution in [2.45, 2.75) is 6.92 Å². The zero-order valence-electron chi connectivity index (χ0n) is 10.3. The quantitative estimate of drug-likeness (QED) is 0.536. The van der Waals surface area contributed by atoms with Crippen LogP contribution in [-0.2, 0) is 4.79 Å². The lowest BCUT2D eigenvalue weighted by molar-refractivity contribution is -0.114. The van der Waals surface area contributed by atoms with Crippen LogP contribution < -0.4 is 10.9 Å². The van der Waals surface area contributed by atoms with Crippen LogP contribution in [0.15, 0.2) is 51.7 Å². The second-order valence-electron chi connectivity index (χ2n) is 4.37. The topological polar surface area (TPSA) is 59.3 Å². The van der Waals surface area contributed by atoms with Crippen molar-refractivity contribution < 1.29 is 9.21 Å². The minimum absolute atomic E-state index is 0.162. The van der Waals surface area contributed by atoms with E-state index in [2.05, 4.69) is 5.32 Å². The molecule has 0 radical (unpaired) electrons. The first kappa shape index (κ1) is 11.5. The molecule has 94 valence electrons. The van der Waals surface area contributed by atoms with Crippen LogP contribution in [0.5, 0.6) is 0 Å². The lowest BCUT2D eigenvalue weighted by Gasteiger charge is -2.04. The lowest BCUT2D eigenvalue weighted by atomic mass is 10.1. The molecule has 1 N–H and O–H groups in total. The molecule has 1 aromatic heterocycles. The van der Waals surface area contributed by atoms with Gasteiger partial charge in [0.15, 0.2) is 0 Å². The van der Waals surface area contributed by atoms with Gasteiger partial charge in [-0.15, -0.1) is 0 Å². The normalized spacial score (nSPS) is 10.8. The second kappa shape index (κ2) is 4.24. The Bertz CT molecular complexity index is 849. The molecular weight excluding hydrogens is 242 g/mol. The average molecular weight is 253 g/mol. The molecule has 0 saturated heterocycles. The number of benzene rings is 2. The van der Waals surface area contributed by atoms with E-state index < -0.39 is 5.63 Å². The van der Waals surface area contributed by atoms with Crippen LogP contribution in [0.2, 0.25) is 0 Å². The minimum Gasteiger partial charge on any atom is -0.421 e. The molecule has 1 amide bonds. The van der Waals surface area contributed by atoms with Crippen LogP contribution in [0, 0.1) is 0 Å². The highest BCUT2D eigenvalue weighted by atomic mass is 16.4. The number of carbonyl (C=O) groups is 1. The maximum atomic E-state index is 11.7. The summed E-state index contributed by atoms with van der Waals surface area (Å²) >= 11 is 0. The highest BCUT2D eigenvalue weighted by molar-refractivity contribution is 5.97. The number of fused-ring (bicyclic) bond motifs is 2. The molecule has 2 aromatic carbocycles. The zero-order valence-corrected chi connectivity index (χ0v) is 10.3. The summed E-state index contributed by atoms with van der Waals surface area (Å²) < 4.78 is 5.23. The van der Waals surface area contributed by atoms with Gasteiger partial charge in [-0.1, -0.05) is 24.3 Å². The van der Waals surface area contributed by atoms with Crippen molar-refractivity contribution in [2.24, 2.45) is 0 Å². The van der Waals surface area contributed by atoms with Crippen molar-refractivity contribution in [3.8, 4) is 0 Å². The minimum atomic E-state index is -0.544. The fourth-order valence-electron chi connectivity index (χ4n) is 2.08. The summed E-state index contributed by atoms with van der Waals surface area (Å²) in [4.78, 5) is 22.7. The van der Waals surface area contributed by atoms with Gasteiger partial charge in [-0.25, -0.2) is 4.79 Å². The van der Waals surface area contributed by atoms with Gasteiger partial charge in [0, 0.05) is 12.3 Å². The van der Waals surface area contributed by atoms with Gasteiger partial charge in [0.2, 0.25) is 5.91 Å². The van der Waals surface area contributed by atoms with Crippen LogP contribution in [-0.4, -0.2) is 5.91 Å². The van der Waals surface area contributed by atoms with E-state index in [0.717, 1.165) is 16.2 Å². The fourth-order valence-corrected chi connectivity index (χ4v) is 2.08. The molecule has 0 aliphatic heterocycles. The monoisotopic (exact) mass is 253 g/mol. The Balaban J connectivity index is 2.29. The van der Waals surface area contributed by atoms with Gasteiger partial charge in [0.05, 0.1) is 0 Å². The predicted octanol–water partition coefficient (Wildman–Crippen LogP) is 2.90. The van der Waals surface area contributed by atoms with Gasteiger partial charge in [0.25, 0.3) is 0 Å². The molecule has 4 nitrogen and oxygen atoms in total. The summed E-state index contributed by atoms with van der Waals surface area (Å²) in [5.74, 6) is -0.299. The lowest BCUT2D eigenvalue weighted by Crippen LogP contribution is -2.14. The molecule has 3 rings (SSSR count). The van der Waals surface area contributed by atoms with Gasteiger partial charge in [-0.2, -0.15) is 0 Å².